The minimum atomic E-state index is -3.22. The molecule has 0 fully saturated rings. The zero-order chi connectivity index (χ0) is 36.5. The average molecular weight is 726 g/mol. The molecule has 0 unspecified atom stereocenters. The highest BCUT2D eigenvalue weighted by Crippen LogP contribution is 2.52. The third-order valence-corrected chi connectivity index (χ3v) is 13.9. The fourth-order valence-corrected chi connectivity index (χ4v) is 11.0. The molecule has 11 rings (SSSR count). The van der Waals surface area contributed by atoms with Crippen LogP contribution in [0.15, 0.2) is 194 Å². The van der Waals surface area contributed by atoms with Gasteiger partial charge in [0.15, 0.2) is 30.1 Å². The van der Waals surface area contributed by atoms with Gasteiger partial charge in [-0.1, -0.05) is 133 Å². The van der Waals surface area contributed by atoms with Crippen LogP contribution >= 0.6 is 7.14 Å². The molecule has 0 radical (unpaired) electrons. The molecular formula is C50H32NO3P. The van der Waals surface area contributed by atoms with Gasteiger partial charge in [-0.05, 0) is 87.9 Å². The second-order valence-corrected chi connectivity index (χ2v) is 16.8. The number of fused-ring (bicyclic) bond motifs is 8. The molecule has 0 N–H and O–H groups in total. The van der Waals surface area contributed by atoms with Crippen LogP contribution in [0, 0.1) is 0 Å². The summed E-state index contributed by atoms with van der Waals surface area (Å²) in [7, 11) is -3.22. The van der Waals surface area contributed by atoms with E-state index in [1.165, 1.54) is 0 Å². The van der Waals surface area contributed by atoms with Crippen molar-refractivity contribution in [3.8, 4) is 39.8 Å². The Morgan fingerprint density at radius 1 is 0.400 bits per heavy atom. The summed E-state index contributed by atoms with van der Waals surface area (Å²) in [6.45, 7) is 0. The summed E-state index contributed by atoms with van der Waals surface area (Å²) in [4.78, 5) is 0. The molecule has 0 bridgehead atoms. The molecule has 1 aromatic heterocycles. The molecule has 2 heterocycles. The first-order chi connectivity index (χ1) is 27.1. The van der Waals surface area contributed by atoms with E-state index in [1.54, 1.807) is 0 Å². The first kappa shape index (κ1) is 31.6. The largest absolute Gasteiger partial charge is 0.449 e. The van der Waals surface area contributed by atoms with Crippen molar-refractivity contribution < 1.29 is 14.0 Å². The summed E-state index contributed by atoms with van der Waals surface area (Å²) < 4.78 is 31.2. The molecule has 1 aliphatic heterocycles. The maximum absolute atomic E-state index is 15.6. The summed E-state index contributed by atoms with van der Waals surface area (Å²) in [6, 6.07) is 66.0. The van der Waals surface area contributed by atoms with E-state index in [9.17, 15) is 0 Å². The lowest BCUT2D eigenvalue weighted by Gasteiger charge is -2.24. The molecule has 1 aliphatic rings. The van der Waals surface area contributed by atoms with Gasteiger partial charge in [0.05, 0.1) is 11.0 Å². The van der Waals surface area contributed by atoms with E-state index in [0.29, 0.717) is 23.0 Å². The molecule has 260 valence electrons. The zero-order valence-corrected chi connectivity index (χ0v) is 30.5. The number of nitrogens with zero attached hydrogens (tertiary/aromatic N) is 1. The number of benzene rings is 9. The quantitative estimate of drug-likeness (QED) is 0.166. The molecule has 9 aromatic carbocycles. The van der Waals surface area contributed by atoms with E-state index in [-0.39, 0.29) is 0 Å². The van der Waals surface area contributed by atoms with Crippen LogP contribution in [0.3, 0.4) is 0 Å². The van der Waals surface area contributed by atoms with Crippen molar-refractivity contribution in [3.63, 3.8) is 0 Å². The zero-order valence-electron chi connectivity index (χ0n) is 29.6. The number of hydrogen-bond acceptors (Lipinski definition) is 3. The van der Waals surface area contributed by atoms with Gasteiger partial charge < -0.3 is 18.6 Å². The molecule has 0 amide bonds. The monoisotopic (exact) mass is 725 g/mol. The minimum absolute atomic E-state index is 0.678. The third kappa shape index (κ3) is 4.96. The molecule has 0 spiro atoms. The SMILES string of the molecule is O=P(c1ccccc1)(c1ccccc1)c1ccc2c(c1)c1cc(-c3cc4c(c5ccccc35)Oc3cc5ccccc5cc3O4)ccc1n2-c1ccccc1. The summed E-state index contributed by atoms with van der Waals surface area (Å²) >= 11 is 0. The Kier molecular flexibility index (Phi) is 7.10. The molecule has 0 atom stereocenters. The van der Waals surface area contributed by atoms with E-state index in [1.807, 2.05) is 91.0 Å². The summed E-state index contributed by atoms with van der Waals surface area (Å²) in [6.07, 6.45) is 0. The van der Waals surface area contributed by atoms with Crippen LogP contribution in [0.25, 0.3) is 60.2 Å². The minimum Gasteiger partial charge on any atom is -0.449 e. The van der Waals surface area contributed by atoms with Crippen molar-refractivity contribution in [2.24, 2.45) is 0 Å². The van der Waals surface area contributed by atoms with Crippen molar-refractivity contribution in [1.29, 1.82) is 0 Å². The van der Waals surface area contributed by atoms with Crippen molar-refractivity contribution in [2.45, 2.75) is 0 Å². The van der Waals surface area contributed by atoms with Crippen molar-refractivity contribution in [2.75, 3.05) is 0 Å². The number of rotatable bonds is 5. The Labute approximate surface area is 317 Å². The van der Waals surface area contributed by atoms with Crippen LogP contribution in [0.1, 0.15) is 0 Å². The lowest BCUT2D eigenvalue weighted by molar-refractivity contribution is 0.364. The van der Waals surface area contributed by atoms with Crippen molar-refractivity contribution in [3.05, 3.63) is 194 Å². The lowest BCUT2D eigenvalue weighted by atomic mass is 9.95. The average Bonchev–Trinajstić information content (AvgIpc) is 3.58. The summed E-state index contributed by atoms with van der Waals surface area (Å²) in [5, 5.41) is 8.77. The van der Waals surface area contributed by atoms with Crippen LogP contribution in [0.2, 0.25) is 0 Å². The molecule has 10 aromatic rings. The Morgan fingerprint density at radius 2 is 0.945 bits per heavy atom. The van der Waals surface area contributed by atoms with Gasteiger partial charge in [0.25, 0.3) is 0 Å². The maximum atomic E-state index is 15.6. The lowest BCUT2D eigenvalue weighted by Crippen LogP contribution is -2.24. The van der Waals surface area contributed by atoms with Crippen molar-refractivity contribution in [1.82, 2.24) is 4.57 Å². The predicted molar refractivity (Wildman–Crippen MR) is 227 cm³/mol. The summed E-state index contributed by atoms with van der Waals surface area (Å²) in [5.41, 5.74) is 5.27. The predicted octanol–water partition coefficient (Wildman–Crippen LogP) is 12.3. The van der Waals surface area contributed by atoms with Crippen LogP contribution in [0.5, 0.6) is 23.0 Å². The maximum Gasteiger partial charge on any atom is 0.177 e. The fourth-order valence-electron chi connectivity index (χ4n) is 8.28. The molecular weight excluding hydrogens is 694 g/mol. The standard InChI is InChI=1S/C50H32NO3P/c52-55(37-18-6-2-7-19-37,38-20-8-3-9-21-38)39-25-27-46-44(31-39)43-28-35(24-26-45(43)51(46)36-16-4-1-5-17-36)42-32-49-50(41-23-13-12-22-40(41)42)54-48-30-34-15-11-10-14-33(34)29-47(48)53-49/h1-32H. The Morgan fingerprint density at radius 3 is 1.62 bits per heavy atom. The van der Waals surface area contributed by atoms with E-state index in [4.69, 9.17) is 9.47 Å². The van der Waals surface area contributed by atoms with Crippen LogP contribution < -0.4 is 25.4 Å². The van der Waals surface area contributed by atoms with E-state index in [0.717, 1.165) is 76.1 Å². The Bertz CT molecular complexity index is 3130. The molecule has 0 saturated heterocycles. The highest BCUT2D eigenvalue weighted by atomic mass is 31.2. The second-order valence-electron chi connectivity index (χ2n) is 14.0. The molecule has 4 nitrogen and oxygen atoms in total. The van der Waals surface area contributed by atoms with Crippen LogP contribution in [0.4, 0.5) is 0 Å². The fraction of sp³-hybridized carbons (Fsp3) is 0. The van der Waals surface area contributed by atoms with Gasteiger partial charge in [0, 0.05) is 37.8 Å². The van der Waals surface area contributed by atoms with E-state index < -0.39 is 7.14 Å². The number of aromatic nitrogens is 1. The molecule has 5 heteroatoms. The first-order valence-electron chi connectivity index (χ1n) is 18.4. The van der Waals surface area contributed by atoms with Gasteiger partial charge in [-0.25, -0.2) is 0 Å². The molecule has 55 heavy (non-hydrogen) atoms. The summed E-state index contributed by atoms with van der Waals surface area (Å²) in [5.74, 6) is 2.80. The van der Waals surface area contributed by atoms with E-state index in [2.05, 4.69) is 108 Å². The molecule has 0 saturated carbocycles. The normalized spacial score (nSPS) is 12.4. The van der Waals surface area contributed by atoms with Crippen LogP contribution in [-0.4, -0.2) is 4.57 Å². The van der Waals surface area contributed by atoms with Gasteiger partial charge in [0.1, 0.15) is 0 Å². The van der Waals surface area contributed by atoms with Gasteiger partial charge in [-0.15, -0.1) is 0 Å². The van der Waals surface area contributed by atoms with Gasteiger partial charge in [0.2, 0.25) is 0 Å². The Hall–Kier alpha value is -6.87. The highest BCUT2D eigenvalue weighted by Gasteiger charge is 2.31. The number of hydrogen-bond donors (Lipinski definition) is 0. The highest BCUT2D eigenvalue weighted by molar-refractivity contribution is 7.85. The third-order valence-electron chi connectivity index (χ3n) is 10.9. The molecule has 0 aliphatic carbocycles. The smallest absolute Gasteiger partial charge is 0.177 e. The Balaban J connectivity index is 1.14. The van der Waals surface area contributed by atoms with Gasteiger partial charge in [-0.2, -0.15) is 0 Å². The van der Waals surface area contributed by atoms with Crippen molar-refractivity contribution >= 4 is 66.4 Å². The second kappa shape index (κ2) is 12.3. The number of ether oxygens (including phenoxy) is 2. The topological polar surface area (TPSA) is 40.5 Å². The van der Waals surface area contributed by atoms with E-state index >= 15 is 4.57 Å². The van der Waals surface area contributed by atoms with Gasteiger partial charge >= 0.3 is 0 Å². The van der Waals surface area contributed by atoms with Gasteiger partial charge in [-0.3, -0.25) is 0 Å². The first-order valence-corrected chi connectivity index (χ1v) is 20.1. The van der Waals surface area contributed by atoms with Crippen LogP contribution in [-0.2, 0) is 4.57 Å². The number of para-hydroxylation sites is 1.